The summed E-state index contributed by atoms with van der Waals surface area (Å²) in [5.74, 6) is -0.332. The van der Waals surface area contributed by atoms with Gasteiger partial charge in [-0.3, -0.25) is 9.59 Å². The first-order valence-corrected chi connectivity index (χ1v) is 8.78. The number of carbonyl (C=O) groups excluding carboxylic acids is 1. The fourth-order valence-electron chi connectivity index (χ4n) is 2.73. The largest absolute Gasteiger partial charge is 0.306 e. The van der Waals surface area contributed by atoms with Crippen LogP contribution in [0.5, 0.6) is 0 Å². The number of pyridine rings is 1. The molecule has 0 spiro atoms. The highest BCUT2D eigenvalue weighted by Gasteiger charge is 2.07. The molecule has 0 saturated heterocycles. The van der Waals surface area contributed by atoms with Crippen molar-refractivity contribution in [3.63, 3.8) is 0 Å². The van der Waals surface area contributed by atoms with E-state index in [1.54, 1.807) is 18.3 Å². The van der Waals surface area contributed by atoms with Gasteiger partial charge in [0.25, 0.3) is 11.5 Å². The highest BCUT2D eigenvalue weighted by atomic mass is 16.2. The van der Waals surface area contributed by atoms with Crippen molar-refractivity contribution in [3.8, 4) is 0 Å². The molecule has 1 aromatic heterocycles. The molecule has 1 N–H and O–H groups in total. The molecule has 2 aromatic carbocycles. The van der Waals surface area contributed by atoms with Gasteiger partial charge < -0.3 is 4.57 Å². The second kappa shape index (κ2) is 9.29. The minimum absolute atomic E-state index is 0.0624. The van der Waals surface area contributed by atoms with Gasteiger partial charge in [0.2, 0.25) is 0 Å². The molecule has 5 heteroatoms. The van der Waals surface area contributed by atoms with Crippen LogP contribution in [0.25, 0.3) is 0 Å². The number of nitrogens with one attached hydrogen (secondary N) is 1. The third-order valence-corrected chi connectivity index (χ3v) is 4.05. The second-order valence-electron chi connectivity index (χ2n) is 6.20. The van der Waals surface area contributed by atoms with E-state index in [1.165, 1.54) is 10.6 Å². The molecule has 0 bridgehead atoms. The van der Waals surface area contributed by atoms with Crippen molar-refractivity contribution < 1.29 is 4.79 Å². The number of amides is 1. The van der Waals surface area contributed by atoms with Crippen molar-refractivity contribution in [2.45, 2.75) is 19.4 Å². The molecule has 1 heterocycles. The molecule has 0 saturated carbocycles. The lowest BCUT2D eigenvalue weighted by Gasteiger charge is -2.09. The summed E-state index contributed by atoms with van der Waals surface area (Å²) < 4.78 is 1.35. The fourth-order valence-corrected chi connectivity index (χ4v) is 2.73. The quantitative estimate of drug-likeness (QED) is 0.521. The molecule has 0 aliphatic rings. The molecule has 3 aromatic rings. The van der Waals surface area contributed by atoms with E-state index in [2.05, 4.69) is 10.5 Å². The minimum Gasteiger partial charge on any atom is -0.306 e. The summed E-state index contributed by atoms with van der Waals surface area (Å²) in [4.78, 5) is 23.9. The summed E-state index contributed by atoms with van der Waals surface area (Å²) in [6, 6.07) is 24.8. The van der Waals surface area contributed by atoms with Gasteiger partial charge >= 0.3 is 0 Å². The molecular weight excluding hydrogens is 338 g/mol. The summed E-state index contributed by atoms with van der Waals surface area (Å²) in [7, 11) is 0. The summed E-state index contributed by atoms with van der Waals surface area (Å²) in [6.45, 7) is -0.0624. The van der Waals surface area contributed by atoms with E-state index in [0.717, 1.165) is 16.8 Å². The van der Waals surface area contributed by atoms with Crippen molar-refractivity contribution in [1.29, 1.82) is 0 Å². The van der Waals surface area contributed by atoms with Crippen LogP contribution in [0.15, 0.2) is 95.0 Å². The van der Waals surface area contributed by atoms with Gasteiger partial charge in [-0.2, -0.15) is 5.10 Å². The third-order valence-electron chi connectivity index (χ3n) is 4.05. The average Bonchev–Trinajstić information content (AvgIpc) is 2.69. The van der Waals surface area contributed by atoms with Gasteiger partial charge in [0.05, 0.1) is 0 Å². The Balaban J connectivity index is 1.71. The van der Waals surface area contributed by atoms with Crippen LogP contribution in [-0.2, 0) is 24.2 Å². The first-order chi connectivity index (χ1) is 13.2. The number of benzene rings is 2. The second-order valence-corrected chi connectivity index (χ2v) is 6.20. The van der Waals surface area contributed by atoms with Crippen molar-refractivity contribution in [2.24, 2.45) is 5.10 Å². The van der Waals surface area contributed by atoms with E-state index in [9.17, 15) is 9.59 Å². The van der Waals surface area contributed by atoms with Crippen molar-refractivity contribution >= 4 is 11.6 Å². The molecule has 27 heavy (non-hydrogen) atoms. The molecule has 136 valence electrons. The summed E-state index contributed by atoms with van der Waals surface area (Å²) in [6.07, 6.45) is 2.86. The Labute approximate surface area is 158 Å². The van der Waals surface area contributed by atoms with Crippen LogP contribution in [0.3, 0.4) is 0 Å². The van der Waals surface area contributed by atoms with Gasteiger partial charge in [-0.15, -0.1) is 0 Å². The lowest BCUT2D eigenvalue weighted by Crippen LogP contribution is -2.30. The van der Waals surface area contributed by atoms with Gasteiger partial charge in [0.1, 0.15) is 6.54 Å². The van der Waals surface area contributed by atoms with E-state index in [4.69, 9.17) is 0 Å². The average molecular weight is 359 g/mol. The Morgan fingerprint density at radius 2 is 1.37 bits per heavy atom. The third kappa shape index (κ3) is 5.78. The van der Waals surface area contributed by atoms with Gasteiger partial charge in [0.15, 0.2) is 0 Å². The maximum atomic E-state index is 12.2. The Kier molecular flexibility index (Phi) is 6.30. The van der Waals surface area contributed by atoms with Crippen molar-refractivity contribution in [1.82, 2.24) is 9.99 Å². The van der Waals surface area contributed by atoms with Crippen LogP contribution in [0, 0.1) is 0 Å². The first kappa shape index (κ1) is 18.3. The topological polar surface area (TPSA) is 63.5 Å². The highest BCUT2D eigenvalue weighted by Crippen LogP contribution is 2.07. The van der Waals surface area contributed by atoms with Gasteiger partial charge in [-0.05, 0) is 17.2 Å². The summed E-state index contributed by atoms with van der Waals surface area (Å²) >= 11 is 0. The Hall–Kier alpha value is -3.47. The summed E-state index contributed by atoms with van der Waals surface area (Å²) in [5, 5.41) is 4.34. The molecular formula is C22H21N3O2. The van der Waals surface area contributed by atoms with E-state index in [1.807, 2.05) is 60.7 Å². The number of carbonyl (C=O) groups is 1. The zero-order valence-corrected chi connectivity index (χ0v) is 14.9. The van der Waals surface area contributed by atoms with Crippen molar-refractivity contribution in [3.05, 3.63) is 107 Å². The molecule has 5 nitrogen and oxygen atoms in total. The van der Waals surface area contributed by atoms with Crippen LogP contribution < -0.4 is 11.0 Å². The number of hydrogen-bond donors (Lipinski definition) is 1. The van der Waals surface area contributed by atoms with E-state index < -0.39 is 0 Å². The number of rotatable bonds is 7. The van der Waals surface area contributed by atoms with Crippen LogP contribution in [0.4, 0.5) is 0 Å². The lowest BCUT2D eigenvalue weighted by atomic mass is 10.0. The van der Waals surface area contributed by atoms with Crippen LogP contribution in [0.2, 0.25) is 0 Å². The zero-order valence-electron chi connectivity index (χ0n) is 14.9. The van der Waals surface area contributed by atoms with E-state index >= 15 is 0 Å². The normalized spacial score (nSPS) is 10.2. The van der Waals surface area contributed by atoms with Gasteiger partial charge in [-0.25, -0.2) is 5.43 Å². The maximum absolute atomic E-state index is 12.2. The molecule has 0 fully saturated rings. The molecule has 1 amide bonds. The molecule has 0 radical (unpaired) electrons. The molecule has 0 unspecified atom stereocenters. The maximum Gasteiger partial charge on any atom is 0.260 e. The van der Waals surface area contributed by atoms with Gasteiger partial charge in [0, 0.05) is 30.8 Å². The van der Waals surface area contributed by atoms with Crippen molar-refractivity contribution in [2.75, 3.05) is 0 Å². The molecule has 3 rings (SSSR count). The highest BCUT2D eigenvalue weighted by molar-refractivity contribution is 5.89. The first-order valence-electron chi connectivity index (χ1n) is 8.78. The Morgan fingerprint density at radius 3 is 1.93 bits per heavy atom. The van der Waals surface area contributed by atoms with Crippen LogP contribution in [-0.4, -0.2) is 16.2 Å². The van der Waals surface area contributed by atoms with Crippen LogP contribution >= 0.6 is 0 Å². The lowest BCUT2D eigenvalue weighted by molar-refractivity contribution is -0.121. The number of aromatic nitrogens is 1. The zero-order chi connectivity index (χ0) is 18.9. The Bertz CT molecular complexity index is 920. The summed E-state index contributed by atoms with van der Waals surface area (Å²) in [5.41, 5.74) is 5.47. The number of hydrogen-bond acceptors (Lipinski definition) is 3. The van der Waals surface area contributed by atoms with Crippen LogP contribution in [0.1, 0.15) is 11.1 Å². The predicted molar refractivity (Wildman–Crippen MR) is 107 cm³/mol. The fraction of sp³-hybridized carbons (Fsp3) is 0.136. The molecule has 0 aliphatic carbocycles. The smallest absolute Gasteiger partial charge is 0.260 e. The predicted octanol–water partition coefficient (Wildman–Crippen LogP) is 2.81. The Morgan fingerprint density at radius 1 is 0.815 bits per heavy atom. The monoisotopic (exact) mass is 359 g/mol. The van der Waals surface area contributed by atoms with E-state index in [-0.39, 0.29) is 18.0 Å². The standard InChI is InChI=1S/C22H21N3O2/c26-21(17-25-14-8-7-13-22(25)27)24-23-20(15-18-9-3-1-4-10-18)16-19-11-5-2-6-12-19/h1-14H,15-17H2,(H,24,26). The SMILES string of the molecule is O=C(Cn1ccccc1=O)NN=C(Cc1ccccc1)Cc1ccccc1. The van der Waals surface area contributed by atoms with Gasteiger partial charge in [-0.1, -0.05) is 66.7 Å². The minimum atomic E-state index is -0.332. The van der Waals surface area contributed by atoms with E-state index in [0.29, 0.717) is 12.8 Å². The molecule has 0 aliphatic heterocycles. The number of hydrazone groups is 1. The molecule has 0 atom stereocenters. The number of nitrogens with zero attached hydrogens (tertiary/aromatic N) is 2.